The molecule has 3 atom stereocenters. The van der Waals surface area contributed by atoms with Crippen molar-refractivity contribution in [2.75, 3.05) is 62.7 Å². The molecule has 0 spiro atoms. The summed E-state index contributed by atoms with van der Waals surface area (Å²) in [5.74, 6) is 0.852. The van der Waals surface area contributed by atoms with Crippen LogP contribution in [0.15, 0.2) is 54.7 Å². The molecule has 1 saturated carbocycles. The molecule has 4 fully saturated rings. The largest absolute Gasteiger partial charge is 0.485 e. The number of nitrogens with one attached hydrogen (secondary N) is 1. The second kappa shape index (κ2) is 13.7. The fourth-order valence-electron chi connectivity index (χ4n) is 7.37. The molecular formula is C37H42FN7O4. The van der Waals surface area contributed by atoms with E-state index in [9.17, 15) is 14.9 Å². The number of ether oxygens (including phenoxy) is 2. The Morgan fingerprint density at radius 2 is 1.88 bits per heavy atom. The number of piperidine rings is 1. The van der Waals surface area contributed by atoms with Crippen molar-refractivity contribution >= 4 is 28.9 Å². The Kier molecular flexibility index (Phi) is 9.22. The Hall–Kier alpha value is -4.60. The summed E-state index contributed by atoms with van der Waals surface area (Å²) in [5, 5.41) is 13.4. The number of aromatic nitrogens is 2. The third kappa shape index (κ3) is 7.09. The molecule has 1 N–H and O–H groups in total. The fraction of sp³-hybridized carbons (Fsp3) is 0.486. The molecule has 1 aromatic heterocycles. The molecule has 3 aromatic rings. The number of amides is 1. The van der Waals surface area contributed by atoms with E-state index in [0.29, 0.717) is 42.6 Å². The highest BCUT2D eigenvalue weighted by molar-refractivity contribution is 5.90. The molecule has 2 aromatic carbocycles. The van der Waals surface area contributed by atoms with Crippen LogP contribution in [-0.2, 0) is 14.3 Å². The topological polar surface area (TPSA) is 124 Å². The summed E-state index contributed by atoms with van der Waals surface area (Å²) in [6, 6.07) is 17.9. The van der Waals surface area contributed by atoms with Gasteiger partial charge in [-0.2, -0.15) is 5.26 Å². The van der Waals surface area contributed by atoms with Gasteiger partial charge in [0, 0.05) is 80.0 Å². The monoisotopic (exact) mass is 667 g/mol. The maximum absolute atomic E-state index is 15.7. The molecular weight excluding hydrogens is 625 g/mol. The predicted molar refractivity (Wildman–Crippen MR) is 182 cm³/mol. The van der Waals surface area contributed by atoms with Gasteiger partial charge in [0.1, 0.15) is 29.5 Å². The minimum Gasteiger partial charge on any atom is -0.485 e. The van der Waals surface area contributed by atoms with Crippen LogP contribution < -0.4 is 15.0 Å². The van der Waals surface area contributed by atoms with Crippen LogP contribution in [0.25, 0.3) is 11.4 Å². The van der Waals surface area contributed by atoms with Gasteiger partial charge in [-0.1, -0.05) is 13.8 Å². The summed E-state index contributed by atoms with van der Waals surface area (Å²) < 4.78 is 27.2. The van der Waals surface area contributed by atoms with Crippen LogP contribution in [0.2, 0.25) is 0 Å². The molecule has 7 rings (SSSR count). The van der Waals surface area contributed by atoms with Gasteiger partial charge in [-0.05, 0) is 55.0 Å². The lowest BCUT2D eigenvalue weighted by Gasteiger charge is -2.46. The summed E-state index contributed by atoms with van der Waals surface area (Å²) in [7, 11) is 0. The molecule has 4 aliphatic rings. The lowest BCUT2D eigenvalue weighted by Crippen LogP contribution is -2.59. The van der Waals surface area contributed by atoms with Crippen molar-refractivity contribution in [1.29, 1.82) is 5.26 Å². The van der Waals surface area contributed by atoms with Crippen LogP contribution in [0.5, 0.6) is 5.75 Å². The van der Waals surface area contributed by atoms with E-state index in [-0.39, 0.29) is 41.9 Å². The van der Waals surface area contributed by atoms with Gasteiger partial charge in [-0.15, -0.1) is 0 Å². The number of hydrogen-bond donors (Lipinski definition) is 1. The molecule has 1 amide bonds. The van der Waals surface area contributed by atoms with E-state index in [1.807, 2.05) is 26.0 Å². The van der Waals surface area contributed by atoms with Crippen molar-refractivity contribution in [3.8, 4) is 23.2 Å². The second-order valence-corrected chi connectivity index (χ2v) is 14.2. The number of halogens is 1. The van der Waals surface area contributed by atoms with Gasteiger partial charge in [0.25, 0.3) is 0 Å². The maximum atomic E-state index is 15.7. The number of likely N-dealkylation sites (tertiary alicyclic amines) is 1. The van der Waals surface area contributed by atoms with Gasteiger partial charge in [-0.25, -0.2) is 14.4 Å². The van der Waals surface area contributed by atoms with Crippen LogP contribution in [-0.4, -0.2) is 102 Å². The summed E-state index contributed by atoms with van der Waals surface area (Å²) >= 11 is 0. The Labute approximate surface area is 286 Å². The number of carbonyl (C=O) groups excluding carboxylic acids is 2. The minimum atomic E-state index is -1.46. The van der Waals surface area contributed by atoms with Crippen LogP contribution in [0.3, 0.4) is 0 Å². The normalized spacial score (nSPS) is 24.3. The lowest BCUT2D eigenvalue weighted by molar-refractivity contribution is -0.146. The number of carbonyl (C=O) groups is 2. The van der Waals surface area contributed by atoms with E-state index in [0.717, 1.165) is 45.1 Å². The Balaban J connectivity index is 0.988. The quantitative estimate of drug-likeness (QED) is 0.365. The van der Waals surface area contributed by atoms with Gasteiger partial charge in [0.15, 0.2) is 12.0 Å². The van der Waals surface area contributed by atoms with E-state index in [4.69, 9.17) is 9.47 Å². The zero-order valence-corrected chi connectivity index (χ0v) is 28.0. The van der Waals surface area contributed by atoms with E-state index in [2.05, 4.69) is 43.3 Å². The van der Waals surface area contributed by atoms with Crippen molar-refractivity contribution < 1.29 is 23.5 Å². The summed E-state index contributed by atoms with van der Waals surface area (Å²) in [6.07, 6.45) is 0.482. The third-order valence-corrected chi connectivity index (χ3v) is 10.2. The molecule has 3 saturated heterocycles. The Morgan fingerprint density at radius 1 is 1.10 bits per heavy atom. The van der Waals surface area contributed by atoms with Gasteiger partial charge in [-0.3, -0.25) is 14.5 Å². The molecule has 4 heterocycles. The predicted octanol–water partition coefficient (Wildman–Crippen LogP) is 4.60. The third-order valence-electron chi connectivity index (χ3n) is 10.2. The highest BCUT2D eigenvalue weighted by atomic mass is 19.1. The molecule has 1 aliphatic carbocycles. The summed E-state index contributed by atoms with van der Waals surface area (Å²) in [6.45, 7) is 9.66. The molecule has 0 unspecified atom stereocenters. The molecule has 0 bridgehead atoms. The molecule has 0 radical (unpaired) electrons. The second-order valence-electron chi connectivity index (χ2n) is 14.2. The van der Waals surface area contributed by atoms with Crippen LogP contribution in [0.1, 0.15) is 38.7 Å². The highest BCUT2D eigenvalue weighted by Gasteiger charge is 2.47. The fourth-order valence-corrected chi connectivity index (χ4v) is 7.37. The van der Waals surface area contributed by atoms with E-state index in [1.165, 1.54) is 10.6 Å². The van der Waals surface area contributed by atoms with Crippen LogP contribution >= 0.6 is 0 Å². The number of nitrogens with zero attached hydrogens (tertiary/aromatic N) is 6. The average molecular weight is 668 g/mol. The SMILES string of the molecule is CC1(C)CN(C(=O)[C@@H]2CCC(=O)C2)C[C@H](F)[C@@H]1Oc1ccc(-c2nccc(Nc3ccc(N4CCN(C5COC5)CC4)cc3)n2)cc1C#N. The highest BCUT2D eigenvalue weighted by Crippen LogP contribution is 2.38. The number of rotatable bonds is 8. The summed E-state index contributed by atoms with van der Waals surface area (Å²) in [4.78, 5) is 40.4. The number of alkyl halides is 1. The van der Waals surface area contributed by atoms with Crippen LogP contribution in [0, 0.1) is 22.7 Å². The van der Waals surface area contributed by atoms with Gasteiger partial charge in [0.05, 0.1) is 31.4 Å². The smallest absolute Gasteiger partial charge is 0.226 e. The van der Waals surface area contributed by atoms with Crippen molar-refractivity contribution in [3.63, 3.8) is 0 Å². The lowest BCUT2D eigenvalue weighted by atomic mass is 9.79. The number of ketones is 1. The first kappa shape index (κ1) is 32.9. The average Bonchev–Trinajstić information content (AvgIpc) is 3.52. The van der Waals surface area contributed by atoms with Gasteiger partial charge >= 0.3 is 0 Å². The van der Waals surface area contributed by atoms with Crippen molar-refractivity contribution in [2.45, 2.75) is 51.4 Å². The van der Waals surface area contributed by atoms with E-state index in [1.54, 1.807) is 30.5 Å². The zero-order valence-electron chi connectivity index (χ0n) is 28.0. The molecule has 11 nitrogen and oxygen atoms in total. The number of Topliss-reactive ketones (excluding diaryl/α,β-unsaturated/α-hetero) is 1. The number of piperazine rings is 1. The molecule has 49 heavy (non-hydrogen) atoms. The van der Waals surface area contributed by atoms with E-state index >= 15 is 4.39 Å². The van der Waals surface area contributed by atoms with Gasteiger partial charge in [0.2, 0.25) is 5.91 Å². The standard InChI is InChI=1S/C37H42FN7O4/c1-37(2)23-45(36(47)25-3-9-30(46)18-25)20-31(38)34(37)49-32-10-4-24(17-26(32)19-39)35-40-12-11-33(42-35)41-27-5-7-28(8-6-27)43-13-15-44(16-14-43)29-21-48-22-29/h4-8,10-12,17,25,29,31,34H,3,9,13-16,18,20-23H2,1-2H3,(H,40,41,42)/t25-,31+,34+/m1/s1. The maximum Gasteiger partial charge on any atom is 0.226 e. The Bertz CT molecular complexity index is 1730. The van der Waals surface area contributed by atoms with Crippen molar-refractivity contribution in [3.05, 3.63) is 60.3 Å². The molecule has 12 heteroatoms. The summed E-state index contributed by atoms with van der Waals surface area (Å²) in [5.41, 5.74) is 2.21. The first-order valence-electron chi connectivity index (χ1n) is 17.1. The van der Waals surface area contributed by atoms with Crippen molar-refractivity contribution in [2.24, 2.45) is 11.3 Å². The molecule has 3 aliphatic heterocycles. The zero-order chi connectivity index (χ0) is 34.1. The number of hydrogen-bond acceptors (Lipinski definition) is 10. The minimum absolute atomic E-state index is 0.0824. The van der Waals surface area contributed by atoms with Crippen molar-refractivity contribution in [1.82, 2.24) is 19.8 Å². The van der Waals surface area contributed by atoms with Gasteiger partial charge < -0.3 is 24.6 Å². The number of benzene rings is 2. The van der Waals surface area contributed by atoms with Crippen LogP contribution in [0.4, 0.5) is 21.6 Å². The first-order chi connectivity index (χ1) is 23.7. The first-order valence-corrected chi connectivity index (χ1v) is 17.1. The Morgan fingerprint density at radius 3 is 2.53 bits per heavy atom. The molecule has 256 valence electrons. The number of anilines is 3. The van der Waals surface area contributed by atoms with E-state index < -0.39 is 17.7 Å². The number of nitriles is 1.